The Morgan fingerprint density at radius 3 is 2.13 bits per heavy atom. The van der Waals surface area contributed by atoms with Crippen molar-refractivity contribution in [3.63, 3.8) is 0 Å². The molecule has 15 heavy (non-hydrogen) atoms. The van der Waals surface area contributed by atoms with Gasteiger partial charge in [-0.25, -0.2) is 0 Å². The molecule has 0 atom stereocenters. The standard InChI is InChI=1S/C14H29N/c1-12(2)10-8-7-9-11-14(5)15(6)13(3)4/h12-13H,5,7-11H2,1-4,6H3. The lowest BCUT2D eigenvalue weighted by molar-refractivity contribution is 0.330. The molecule has 0 saturated carbocycles. The quantitative estimate of drug-likeness (QED) is 0.536. The number of rotatable bonds is 8. The Labute approximate surface area is 96.6 Å². The largest absolute Gasteiger partial charge is 0.376 e. The van der Waals surface area contributed by atoms with Gasteiger partial charge in [-0.1, -0.05) is 39.7 Å². The van der Waals surface area contributed by atoms with Gasteiger partial charge < -0.3 is 4.90 Å². The van der Waals surface area contributed by atoms with Crippen molar-refractivity contribution in [2.45, 2.75) is 65.8 Å². The smallest absolute Gasteiger partial charge is 0.0226 e. The van der Waals surface area contributed by atoms with E-state index in [1.165, 1.54) is 31.4 Å². The Kier molecular flexibility index (Phi) is 7.54. The highest BCUT2D eigenvalue weighted by molar-refractivity contribution is 4.93. The zero-order chi connectivity index (χ0) is 11.8. The normalized spacial score (nSPS) is 11.1. The van der Waals surface area contributed by atoms with Gasteiger partial charge in [0, 0.05) is 18.8 Å². The van der Waals surface area contributed by atoms with E-state index in [0.29, 0.717) is 6.04 Å². The minimum absolute atomic E-state index is 0.577. The van der Waals surface area contributed by atoms with Crippen LogP contribution in [0.15, 0.2) is 12.3 Å². The summed E-state index contributed by atoms with van der Waals surface area (Å²) < 4.78 is 0. The predicted octanol–water partition coefficient (Wildman–Crippen LogP) is 4.45. The van der Waals surface area contributed by atoms with Crippen LogP contribution in [0, 0.1) is 5.92 Å². The summed E-state index contributed by atoms with van der Waals surface area (Å²) in [6, 6.07) is 0.577. The van der Waals surface area contributed by atoms with Crippen molar-refractivity contribution in [2.75, 3.05) is 7.05 Å². The monoisotopic (exact) mass is 211 g/mol. The van der Waals surface area contributed by atoms with Crippen molar-refractivity contribution < 1.29 is 0 Å². The van der Waals surface area contributed by atoms with Gasteiger partial charge in [-0.2, -0.15) is 0 Å². The second kappa shape index (κ2) is 7.78. The van der Waals surface area contributed by atoms with Crippen LogP contribution in [-0.2, 0) is 0 Å². The lowest BCUT2D eigenvalue weighted by Crippen LogP contribution is -2.24. The minimum atomic E-state index is 0.577. The van der Waals surface area contributed by atoms with Crippen LogP contribution in [0.4, 0.5) is 0 Å². The van der Waals surface area contributed by atoms with E-state index in [0.717, 1.165) is 12.3 Å². The van der Waals surface area contributed by atoms with Crippen LogP contribution in [0.5, 0.6) is 0 Å². The van der Waals surface area contributed by atoms with Gasteiger partial charge in [-0.05, 0) is 32.6 Å². The van der Waals surface area contributed by atoms with E-state index >= 15 is 0 Å². The summed E-state index contributed by atoms with van der Waals surface area (Å²) in [5.74, 6) is 0.853. The molecule has 0 aliphatic rings. The first-order chi connectivity index (χ1) is 6.95. The fourth-order valence-corrected chi connectivity index (χ4v) is 1.60. The van der Waals surface area contributed by atoms with Crippen molar-refractivity contribution in [3.05, 3.63) is 12.3 Å². The molecule has 1 nitrogen and oxygen atoms in total. The van der Waals surface area contributed by atoms with Crippen LogP contribution in [-0.4, -0.2) is 18.0 Å². The number of nitrogens with zero attached hydrogens (tertiary/aromatic N) is 1. The third-order valence-electron chi connectivity index (χ3n) is 3.02. The summed E-state index contributed by atoms with van der Waals surface area (Å²) in [6.07, 6.45) is 6.54. The highest BCUT2D eigenvalue weighted by Gasteiger charge is 2.05. The molecule has 0 unspecified atom stereocenters. The lowest BCUT2D eigenvalue weighted by Gasteiger charge is -2.25. The molecule has 0 aliphatic carbocycles. The number of unbranched alkanes of at least 4 members (excludes halogenated alkanes) is 2. The molecule has 0 saturated heterocycles. The first kappa shape index (κ1) is 14.5. The molecule has 0 rings (SSSR count). The first-order valence-corrected chi connectivity index (χ1v) is 6.35. The molecule has 0 N–H and O–H groups in total. The molecular formula is C14H29N. The van der Waals surface area contributed by atoms with E-state index in [1.807, 2.05) is 0 Å². The molecule has 0 fully saturated rings. The maximum atomic E-state index is 4.13. The maximum absolute atomic E-state index is 4.13. The van der Waals surface area contributed by atoms with Crippen molar-refractivity contribution in [1.82, 2.24) is 4.90 Å². The topological polar surface area (TPSA) is 3.24 Å². The van der Waals surface area contributed by atoms with Gasteiger partial charge in [0.2, 0.25) is 0 Å². The van der Waals surface area contributed by atoms with E-state index in [9.17, 15) is 0 Å². The van der Waals surface area contributed by atoms with E-state index in [2.05, 4.69) is 46.2 Å². The summed E-state index contributed by atoms with van der Waals surface area (Å²) >= 11 is 0. The summed E-state index contributed by atoms with van der Waals surface area (Å²) in [5, 5.41) is 0. The Morgan fingerprint density at radius 1 is 1.07 bits per heavy atom. The van der Waals surface area contributed by atoms with E-state index in [-0.39, 0.29) is 0 Å². The highest BCUT2D eigenvalue weighted by atomic mass is 15.1. The summed E-state index contributed by atoms with van der Waals surface area (Å²) in [4.78, 5) is 2.28. The van der Waals surface area contributed by atoms with E-state index in [1.54, 1.807) is 0 Å². The Morgan fingerprint density at radius 2 is 1.67 bits per heavy atom. The van der Waals surface area contributed by atoms with Gasteiger partial charge in [-0.15, -0.1) is 0 Å². The van der Waals surface area contributed by atoms with E-state index in [4.69, 9.17) is 0 Å². The van der Waals surface area contributed by atoms with Crippen LogP contribution < -0.4 is 0 Å². The molecule has 0 aromatic carbocycles. The molecule has 0 heterocycles. The molecule has 90 valence electrons. The van der Waals surface area contributed by atoms with Crippen LogP contribution >= 0.6 is 0 Å². The van der Waals surface area contributed by atoms with Crippen molar-refractivity contribution in [2.24, 2.45) is 5.92 Å². The SMILES string of the molecule is C=C(CCCCCC(C)C)N(C)C(C)C. The average molecular weight is 211 g/mol. The summed E-state index contributed by atoms with van der Waals surface area (Å²) in [7, 11) is 2.14. The molecule has 0 bridgehead atoms. The van der Waals surface area contributed by atoms with Crippen molar-refractivity contribution >= 4 is 0 Å². The van der Waals surface area contributed by atoms with Gasteiger partial charge >= 0.3 is 0 Å². The zero-order valence-electron chi connectivity index (χ0n) is 11.3. The fraction of sp³-hybridized carbons (Fsp3) is 0.857. The van der Waals surface area contributed by atoms with Gasteiger partial charge in [-0.3, -0.25) is 0 Å². The average Bonchev–Trinajstić information content (AvgIpc) is 2.15. The van der Waals surface area contributed by atoms with Gasteiger partial charge in [0.1, 0.15) is 0 Å². The van der Waals surface area contributed by atoms with Gasteiger partial charge in [0.15, 0.2) is 0 Å². The van der Waals surface area contributed by atoms with Crippen LogP contribution in [0.25, 0.3) is 0 Å². The summed E-state index contributed by atoms with van der Waals surface area (Å²) in [5.41, 5.74) is 1.29. The number of hydrogen-bond donors (Lipinski definition) is 0. The second-order valence-corrected chi connectivity index (χ2v) is 5.26. The molecule has 0 radical (unpaired) electrons. The van der Waals surface area contributed by atoms with Gasteiger partial charge in [0.05, 0.1) is 0 Å². The molecule has 0 aromatic rings. The van der Waals surface area contributed by atoms with Crippen LogP contribution in [0.3, 0.4) is 0 Å². The zero-order valence-corrected chi connectivity index (χ0v) is 11.3. The maximum Gasteiger partial charge on any atom is 0.0226 e. The lowest BCUT2D eigenvalue weighted by atomic mass is 10.0. The molecule has 0 aliphatic heterocycles. The minimum Gasteiger partial charge on any atom is -0.376 e. The molecule has 0 spiro atoms. The van der Waals surface area contributed by atoms with Gasteiger partial charge in [0.25, 0.3) is 0 Å². The summed E-state index contributed by atoms with van der Waals surface area (Å²) in [6.45, 7) is 13.2. The van der Waals surface area contributed by atoms with Crippen LogP contribution in [0.1, 0.15) is 59.8 Å². The number of allylic oxidation sites excluding steroid dienone is 1. The van der Waals surface area contributed by atoms with Crippen molar-refractivity contribution in [1.29, 1.82) is 0 Å². The third-order valence-corrected chi connectivity index (χ3v) is 3.02. The Hall–Kier alpha value is -0.460. The Bertz CT molecular complexity index is 170. The van der Waals surface area contributed by atoms with Crippen LogP contribution in [0.2, 0.25) is 0 Å². The third kappa shape index (κ3) is 7.47. The van der Waals surface area contributed by atoms with E-state index < -0.39 is 0 Å². The second-order valence-electron chi connectivity index (χ2n) is 5.26. The predicted molar refractivity (Wildman–Crippen MR) is 70.0 cm³/mol. The molecule has 0 amide bonds. The molecular weight excluding hydrogens is 182 g/mol. The fourth-order valence-electron chi connectivity index (χ4n) is 1.60. The molecule has 1 heteroatoms. The van der Waals surface area contributed by atoms with Crippen molar-refractivity contribution in [3.8, 4) is 0 Å². The first-order valence-electron chi connectivity index (χ1n) is 6.35. The molecule has 0 aromatic heterocycles. The highest BCUT2D eigenvalue weighted by Crippen LogP contribution is 2.15. The Balaban J connectivity index is 3.47. The number of hydrogen-bond acceptors (Lipinski definition) is 1.